The molecule has 0 aromatic carbocycles. The normalized spacial score (nSPS) is 22.6. The van der Waals surface area contributed by atoms with E-state index in [1.165, 1.54) is 12.8 Å². The summed E-state index contributed by atoms with van der Waals surface area (Å²) in [4.78, 5) is 14.6. The molecule has 0 spiro atoms. The van der Waals surface area contributed by atoms with Crippen LogP contribution in [0.1, 0.15) is 59.1 Å². The van der Waals surface area contributed by atoms with Gasteiger partial charge in [-0.15, -0.1) is 0 Å². The number of aryl methyl sites for hydroxylation is 1. The van der Waals surface area contributed by atoms with Crippen LogP contribution in [0.2, 0.25) is 0 Å². The first-order valence-corrected chi connectivity index (χ1v) is 8.58. The van der Waals surface area contributed by atoms with Crippen molar-refractivity contribution in [2.24, 2.45) is 17.3 Å². The summed E-state index contributed by atoms with van der Waals surface area (Å²) in [7, 11) is 1.92. The number of hydrogen-bond donors (Lipinski definition) is 0. The minimum atomic E-state index is 0.210. The van der Waals surface area contributed by atoms with Crippen molar-refractivity contribution in [2.75, 3.05) is 7.05 Å². The summed E-state index contributed by atoms with van der Waals surface area (Å²) in [5, 5.41) is 4.28. The highest BCUT2D eigenvalue weighted by Crippen LogP contribution is 2.40. The third-order valence-corrected chi connectivity index (χ3v) is 5.18. The van der Waals surface area contributed by atoms with Gasteiger partial charge in [0.25, 0.3) is 0 Å². The molecule has 2 rings (SSSR count). The largest absolute Gasteiger partial charge is 0.340 e. The summed E-state index contributed by atoms with van der Waals surface area (Å²) in [5.41, 5.74) is 1.48. The molecule has 1 heterocycles. The lowest BCUT2D eigenvalue weighted by Crippen LogP contribution is -2.36. The molecule has 1 amide bonds. The van der Waals surface area contributed by atoms with E-state index in [2.05, 4.69) is 32.8 Å². The average molecular weight is 305 g/mol. The number of hydrogen-bond acceptors (Lipinski definition) is 2. The molecule has 1 aliphatic rings. The van der Waals surface area contributed by atoms with E-state index in [-0.39, 0.29) is 5.92 Å². The van der Waals surface area contributed by atoms with Gasteiger partial charge in [-0.2, -0.15) is 5.10 Å². The summed E-state index contributed by atoms with van der Waals surface area (Å²) in [5.74, 6) is 1.26. The number of carbonyl (C=O) groups excluding carboxylic acids is 1. The van der Waals surface area contributed by atoms with Crippen molar-refractivity contribution in [3.05, 3.63) is 18.0 Å². The fourth-order valence-corrected chi connectivity index (χ4v) is 3.62. The topological polar surface area (TPSA) is 38.1 Å². The molecule has 0 radical (unpaired) electrons. The minimum Gasteiger partial charge on any atom is -0.340 e. The second kappa shape index (κ2) is 6.84. The lowest BCUT2D eigenvalue weighted by Gasteiger charge is -2.37. The number of rotatable bonds is 4. The van der Waals surface area contributed by atoms with Crippen LogP contribution in [-0.2, 0) is 17.9 Å². The molecule has 0 atom stereocenters. The van der Waals surface area contributed by atoms with E-state index in [9.17, 15) is 4.79 Å². The van der Waals surface area contributed by atoms with Crippen LogP contribution in [0.3, 0.4) is 0 Å². The maximum absolute atomic E-state index is 12.7. The number of aromatic nitrogens is 2. The smallest absolute Gasteiger partial charge is 0.225 e. The molecule has 1 fully saturated rings. The number of carbonyl (C=O) groups is 1. The first-order valence-electron chi connectivity index (χ1n) is 8.58. The molecule has 124 valence electrons. The van der Waals surface area contributed by atoms with Gasteiger partial charge in [0.2, 0.25) is 5.91 Å². The first-order chi connectivity index (χ1) is 10.3. The number of nitrogens with zero attached hydrogens (tertiary/aromatic N) is 3. The molecular weight excluding hydrogens is 274 g/mol. The SMILES string of the molecule is CCn1nccc1CN(C)C(=O)C1CCC(C(C)(C)C)CC1. The lowest BCUT2D eigenvalue weighted by molar-refractivity contribution is -0.136. The highest BCUT2D eigenvalue weighted by atomic mass is 16.2. The lowest BCUT2D eigenvalue weighted by atomic mass is 9.69. The molecule has 0 N–H and O–H groups in total. The Morgan fingerprint density at radius 1 is 1.32 bits per heavy atom. The second-order valence-electron chi connectivity index (χ2n) is 7.75. The molecule has 0 bridgehead atoms. The monoisotopic (exact) mass is 305 g/mol. The zero-order valence-electron chi connectivity index (χ0n) is 14.8. The van der Waals surface area contributed by atoms with Crippen molar-refractivity contribution in [3.8, 4) is 0 Å². The third kappa shape index (κ3) is 3.90. The van der Waals surface area contributed by atoms with Crippen LogP contribution < -0.4 is 0 Å². The molecule has 1 aliphatic carbocycles. The van der Waals surface area contributed by atoms with E-state index in [0.29, 0.717) is 17.9 Å². The summed E-state index contributed by atoms with van der Waals surface area (Å²) >= 11 is 0. The van der Waals surface area contributed by atoms with Crippen LogP contribution >= 0.6 is 0 Å². The summed E-state index contributed by atoms with van der Waals surface area (Å²) < 4.78 is 1.96. The molecule has 4 heteroatoms. The van der Waals surface area contributed by atoms with Crippen LogP contribution in [-0.4, -0.2) is 27.6 Å². The van der Waals surface area contributed by atoms with E-state index in [1.807, 2.05) is 28.9 Å². The zero-order valence-corrected chi connectivity index (χ0v) is 14.8. The van der Waals surface area contributed by atoms with Gasteiger partial charge >= 0.3 is 0 Å². The van der Waals surface area contributed by atoms with Gasteiger partial charge in [-0.3, -0.25) is 9.48 Å². The highest BCUT2D eigenvalue weighted by molar-refractivity contribution is 5.78. The van der Waals surface area contributed by atoms with E-state index in [4.69, 9.17) is 0 Å². The van der Waals surface area contributed by atoms with Gasteiger partial charge in [-0.25, -0.2) is 0 Å². The van der Waals surface area contributed by atoms with Gasteiger partial charge in [-0.1, -0.05) is 20.8 Å². The average Bonchev–Trinajstić information content (AvgIpc) is 2.92. The molecule has 22 heavy (non-hydrogen) atoms. The van der Waals surface area contributed by atoms with E-state index < -0.39 is 0 Å². The molecule has 1 aromatic rings. The zero-order chi connectivity index (χ0) is 16.3. The molecule has 0 aliphatic heterocycles. The van der Waals surface area contributed by atoms with Gasteiger partial charge in [0, 0.05) is 25.7 Å². The fourth-order valence-electron chi connectivity index (χ4n) is 3.62. The Morgan fingerprint density at radius 2 is 1.95 bits per heavy atom. The van der Waals surface area contributed by atoms with Crippen molar-refractivity contribution in [1.29, 1.82) is 0 Å². The minimum absolute atomic E-state index is 0.210. The van der Waals surface area contributed by atoms with E-state index in [0.717, 1.165) is 31.0 Å². The Labute approximate surface area is 134 Å². The summed E-state index contributed by atoms with van der Waals surface area (Å²) in [6, 6.07) is 2.00. The Balaban J connectivity index is 1.89. The van der Waals surface area contributed by atoms with Gasteiger partial charge < -0.3 is 4.90 Å². The first kappa shape index (κ1) is 17.0. The molecule has 4 nitrogen and oxygen atoms in total. The van der Waals surface area contributed by atoms with Crippen molar-refractivity contribution in [2.45, 2.75) is 66.5 Å². The van der Waals surface area contributed by atoms with Crippen molar-refractivity contribution in [1.82, 2.24) is 14.7 Å². The standard InChI is InChI=1S/C18H31N3O/c1-6-21-16(11-12-19-21)13-20(5)17(22)14-7-9-15(10-8-14)18(2,3)4/h11-12,14-15H,6-10,13H2,1-5H3. The quantitative estimate of drug-likeness (QED) is 0.850. The third-order valence-electron chi connectivity index (χ3n) is 5.18. The second-order valence-corrected chi connectivity index (χ2v) is 7.75. The molecule has 0 unspecified atom stereocenters. The van der Waals surface area contributed by atoms with Crippen LogP contribution in [0.25, 0.3) is 0 Å². The molecule has 1 aromatic heterocycles. The fraction of sp³-hybridized carbons (Fsp3) is 0.778. The maximum atomic E-state index is 12.7. The Kier molecular flexibility index (Phi) is 5.30. The van der Waals surface area contributed by atoms with Gasteiger partial charge in [0.1, 0.15) is 0 Å². The van der Waals surface area contributed by atoms with Gasteiger partial charge in [0.05, 0.1) is 12.2 Å². The number of amides is 1. The Bertz CT molecular complexity index is 493. The Hall–Kier alpha value is -1.32. The van der Waals surface area contributed by atoms with Crippen LogP contribution in [0, 0.1) is 17.3 Å². The predicted octanol–water partition coefficient (Wildman–Crippen LogP) is 3.71. The van der Waals surface area contributed by atoms with E-state index in [1.54, 1.807) is 0 Å². The van der Waals surface area contributed by atoms with Crippen LogP contribution in [0.4, 0.5) is 0 Å². The van der Waals surface area contributed by atoms with Crippen molar-refractivity contribution in [3.63, 3.8) is 0 Å². The summed E-state index contributed by atoms with van der Waals surface area (Å²) in [6.45, 7) is 10.5. The van der Waals surface area contributed by atoms with Crippen molar-refractivity contribution < 1.29 is 4.79 Å². The highest BCUT2D eigenvalue weighted by Gasteiger charge is 2.33. The van der Waals surface area contributed by atoms with Crippen LogP contribution in [0.5, 0.6) is 0 Å². The van der Waals surface area contributed by atoms with E-state index >= 15 is 0 Å². The molecule has 0 saturated heterocycles. The summed E-state index contributed by atoms with van der Waals surface area (Å²) in [6.07, 6.45) is 6.25. The molecular formula is C18H31N3O. The maximum Gasteiger partial charge on any atom is 0.225 e. The van der Waals surface area contributed by atoms with Gasteiger partial charge in [0.15, 0.2) is 0 Å². The predicted molar refractivity (Wildman–Crippen MR) is 89.3 cm³/mol. The molecule has 1 saturated carbocycles. The Morgan fingerprint density at radius 3 is 2.50 bits per heavy atom. The van der Waals surface area contributed by atoms with Crippen LogP contribution in [0.15, 0.2) is 12.3 Å². The van der Waals surface area contributed by atoms with Gasteiger partial charge in [-0.05, 0) is 50.0 Å². The van der Waals surface area contributed by atoms with Crippen molar-refractivity contribution >= 4 is 5.91 Å².